The van der Waals surface area contributed by atoms with Gasteiger partial charge in [0.25, 0.3) is 0 Å². The summed E-state index contributed by atoms with van der Waals surface area (Å²) in [7, 11) is 1.21. The molecule has 0 aliphatic heterocycles. The van der Waals surface area contributed by atoms with Crippen LogP contribution in [0, 0.1) is 5.92 Å². The summed E-state index contributed by atoms with van der Waals surface area (Å²) in [5.74, 6) is -1.19. The van der Waals surface area contributed by atoms with E-state index in [2.05, 4.69) is 0 Å². The van der Waals surface area contributed by atoms with E-state index >= 15 is 0 Å². The van der Waals surface area contributed by atoms with E-state index in [9.17, 15) is 19.2 Å². The second kappa shape index (κ2) is 17.4. The van der Waals surface area contributed by atoms with Crippen molar-refractivity contribution in [3.63, 3.8) is 0 Å². The van der Waals surface area contributed by atoms with Crippen molar-refractivity contribution >= 4 is 24.2 Å². The second-order valence-electron chi connectivity index (χ2n) is 10.3. The van der Waals surface area contributed by atoms with Gasteiger partial charge in [0.05, 0.1) is 13.7 Å². The number of carbonyl (C=O) groups is 4. The summed E-state index contributed by atoms with van der Waals surface area (Å²) in [5, 5.41) is 0. The Morgan fingerprint density at radius 3 is 1.93 bits per heavy atom. The zero-order chi connectivity index (χ0) is 30.3. The lowest BCUT2D eigenvalue weighted by molar-refractivity contribution is -0.151. The average Bonchev–Trinajstić information content (AvgIpc) is 2.84. The normalized spacial score (nSPS) is 13.9. The number of hydrogen-bond donors (Lipinski definition) is 1. The summed E-state index contributed by atoms with van der Waals surface area (Å²) in [6, 6.07) is 4.38. The van der Waals surface area contributed by atoms with Crippen molar-refractivity contribution in [1.82, 2.24) is 0 Å². The summed E-state index contributed by atoms with van der Waals surface area (Å²) < 4.78 is 31.4. The molecule has 0 aliphatic rings. The van der Waals surface area contributed by atoms with Crippen LogP contribution >= 0.6 is 0 Å². The molecule has 11 heteroatoms. The predicted molar refractivity (Wildman–Crippen MR) is 147 cm³/mol. The van der Waals surface area contributed by atoms with E-state index in [1.807, 2.05) is 27.7 Å². The quantitative estimate of drug-likeness (QED) is 0.153. The van der Waals surface area contributed by atoms with Gasteiger partial charge in [-0.25, -0.2) is 9.59 Å². The molecule has 1 aromatic rings. The van der Waals surface area contributed by atoms with Crippen LogP contribution in [0.5, 0.6) is 11.5 Å². The Bertz CT molecular complexity index is 980. The molecule has 0 saturated heterocycles. The first kappa shape index (κ1) is 34.7. The fourth-order valence-electron chi connectivity index (χ4n) is 3.88. The van der Waals surface area contributed by atoms with E-state index in [1.54, 1.807) is 19.9 Å². The maximum absolute atomic E-state index is 12.6. The fourth-order valence-corrected chi connectivity index (χ4v) is 3.88. The van der Waals surface area contributed by atoms with Gasteiger partial charge in [-0.1, -0.05) is 46.6 Å². The molecular weight excluding hydrogens is 522 g/mol. The first-order chi connectivity index (χ1) is 18.8. The minimum Gasteiger partial charge on any atom is -0.468 e. The molecule has 11 nitrogen and oxygen atoms in total. The zero-order valence-electron chi connectivity index (χ0n) is 24.8. The highest BCUT2D eigenvalue weighted by Crippen LogP contribution is 2.31. The van der Waals surface area contributed by atoms with Crippen LogP contribution in [0.25, 0.3) is 0 Å². The third kappa shape index (κ3) is 12.7. The van der Waals surface area contributed by atoms with Crippen LogP contribution in [-0.2, 0) is 35.0 Å². The lowest BCUT2D eigenvalue weighted by atomic mass is 9.88. The maximum Gasteiger partial charge on any atom is 0.514 e. The Morgan fingerprint density at radius 1 is 0.875 bits per heavy atom. The number of carbonyl (C=O) groups excluding carboxylic acids is 4. The van der Waals surface area contributed by atoms with Gasteiger partial charge in [0.2, 0.25) is 0 Å². The Hall–Kier alpha value is -3.34. The number of methoxy groups -OCH3 is 1. The highest BCUT2D eigenvalue weighted by atomic mass is 16.7. The van der Waals surface area contributed by atoms with Gasteiger partial charge >= 0.3 is 24.2 Å². The molecule has 40 heavy (non-hydrogen) atoms. The van der Waals surface area contributed by atoms with Crippen LogP contribution in [0.1, 0.15) is 85.6 Å². The van der Waals surface area contributed by atoms with Gasteiger partial charge in [0.1, 0.15) is 17.7 Å². The molecule has 0 fully saturated rings. The number of nitrogens with two attached hydrogens (primary N) is 1. The minimum absolute atomic E-state index is 0.0177. The first-order valence-corrected chi connectivity index (χ1v) is 13.8. The third-order valence-corrected chi connectivity index (χ3v) is 5.88. The van der Waals surface area contributed by atoms with Crippen LogP contribution in [0.2, 0.25) is 0 Å². The average molecular weight is 568 g/mol. The highest BCUT2D eigenvalue weighted by Gasteiger charge is 2.36. The topological polar surface area (TPSA) is 150 Å². The van der Waals surface area contributed by atoms with Gasteiger partial charge in [-0.3, -0.25) is 9.59 Å². The number of benzene rings is 1. The van der Waals surface area contributed by atoms with Crippen LogP contribution in [0.3, 0.4) is 0 Å². The first-order valence-electron chi connectivity index (χ1n) is 13.8. The molecular formula is C29H45NO10. The number of esters is 2. The van der Waals surface area contributed by atoms with Gasteiger partial charge in [-0.2, -0.15) is 0 Å². The van der Waals surface area contributed by atoms with Gasteiger partial charge in [-0.15, -0.1) is 0 Å². The molecule has 1 rings (SSSR count). The van der Waals surface area contributed by atoms with Crippen molar-refractivity contribution in [2.24, 2.45) is 11.7 Å². The molecule has 2 N–H and O–H groups in total. The third-order valence-electron chi connectivity index (χ3n) is 5.88. The van der Waals surface area contributed by atoms with E-state index in [0.717, 1.165) is 12.8 Å². The summed E-state index contributed by atoms with van der Waals surface area (Å²) in [4.78, 5) is 49.4. The molecule has 0 aliphatic carbocycles. The van der Waals surface area contributed by atoms with Crippen molar-refractivity contribution in [1.29, 1.82) is 0 Å². The maximum atomic E-state index is 12.6. The molecule has 0 radical (unpaired) electrons. The summed E-state index contributed by atoms with van der Waals surface area (Å²) in [6.45, 7) is 11.1. The fraction of sp³-hybridized carbons (Fsp3) is 0.655. The smallest absolute Gasteiger partial charge is 0.468 e. The molecule has 0 amide bonds. The molecule has 1 aromatic carbocycles. The van der Waals surface area contributed by atoms with Crippen LogP contribution in [-0.4, -0.2) is 55.7 Å². The molecule has 0 heterocycles. The number of hydrogen-bond acceptors (Lipinski definition) is 11. The van der Waals surface area contributed by atoms with Crippen molar-refractivity contribution in [3.8, 4) is 11.5 Å². The summed E-state index contributed by atoms with van der Waals surface area (Å²) >= 11 is 0. The highest BCUT2D eigenvalue weighted by molar-refractivity contribution is 5.81. The van der Waals surface area contributed by atoms with E-state index in [0.29, 0.717) is 18.4 Å². The van der Waals surface area contributed by atoms with Gasteiger partial charge in [-0.05, 0) is 50.3 Å². The standard InChI is InChI=1S/C29H45NO10/c1-8-10-20(5)37-27(33)39-23-13-12-22(17-24(23)40-28(34)38-21(6)11-9-2)18-29(30,26(32)35-7)14-15-36-25(31)16-19(3)4/h12-13,17,19-21H,8-11,14-16,18,30H2,1-7H3/t20-,21?,29+/m0/s1. The van der Waals surface area contributed by atoms with Gasteiger partial charge in [0, 0.05) is 19.3 Å². The van der Waals surface area contributed by atoms with Crippen molar-refractivity contribution in [2.75, 3.05) is 13.7 Å². The Kier molecular flexibility index (Phi) is 15.1. The molecule has 0 bridgehead atoms. The zero-order valence-corrected chi connectivity index (χ0v) is 24.8. The van der Waals surface area contributed by atoms with E-state index in [4.69, 9.17) is 34.2 Å². The molecule has 1 unspecified atom stereocenters. The van der Waals surface area contributed by atoms with E-state index in [-0.39, 0.29) is 55.5 Å². The van der Waals surface area contributed by atoms with E-state index < -0.39 is 29.8 Å². The molecule has 0 aromatic heterocycles. The Balaban J connectivity index is 3.19. The predicted octanol–water partition coefficient (Wildman–Crippen LogP) is 5.49. The van der Waals surface area contributed by atoms with Crippen LogP contribution in [0.4, 0.5) is 9.59 Å². The monoisotopic (exact) mass is 567 g/mol. The van der Waals surface area contributed by atoms with Crippen molar-refractivity contribution in [3.05, 3.63) is 23.8 Å². The lowest BCUT2D eigenvalue weighted by Crippen LogP contribution is -2.51. The number of ether oxygens (including phenoxy) is 6. The van der Waals surface area contributed by atoms with Crippen LogP contribution < -0.4 is 15.2 Å². The lowest BCUT2D eigenvalue weighted by Gasteiger charge is -2.27. The molecule has 3 atom stereocenters. The van der Waals surface area contributed by atoms with Gasteiger partial charge in [0.15, 0.2) is 11.5 Å². The summed E-state index contributed by atoms with van der Waals surface area (Å²) in [5.41, 5.74) is 5.33. The second-order valence-corrected chi connectivity index (χ2v) is 10.3. The molecule has 226 valence electrons. The molecule has 0 saturated carbocycles. The number of rotatable bonds is 16. The Labute approximate surface area is 236 Å². The van der Waals surface area contributed by atoms with Crippen LogP contribution in [0.15, 0.2) is 18.2 Å². The van der Waals surface area contributed by atoms with Crippen molar-refractivity contribution < 1.29 is 47.6 Å². The minimum atomic E-state index is -1.56. The Morgan fingerprint density at radius 2 is 1.43 bits per heavy atom. The summed E-state index contributed by atoms with van der Waals surface area (Å²) in [6.07, 6.45) is 0.368. The van der Waals surface area contributed by atoms with E-state index in [1.165, 1.54) is 19.2 Å². The molecule has 0 spiro atoms. The SMILES string of the molecule is CCCC(C)OC(=O)Oc1cc(C[C@](N)(CCOC(=O)CC(C)C)C(=O)OC)ccc1OC(=O)O[C@@H](C)CCC. The largest absolute Gasteiger partial charge is 0.514 e. The van der Waals surface area contributed by atoms with Crippen molar-refractivity contribution in [2.45, 2.75) is 104 Å². The van der Waals surface area contributed by atoms with Gasteiger partial charge < -0.3 is 34.2 Å².